The van der Waals surface area contributed by atoms with Crippen molar-refractivity contribution in [2.75, 3.05) is 0 Å². The number of carbonyl (C=O) groups excluding carboxylic acids is 2. The van der Waals surface area contributed by atoms with E-state index in [4.69, 9.17) is 0 Å². The fourth-order valence-electron chi connectivity index (χ4n) is 7.71. The maximum atomic E-state index is 12.2. The molecule has 4 fully saturated rings. The molecular weight excluding hydrogens is 284 g/mol. The Balaban J connectivity index is 1.63. The van der Waals surface area contributed by atoms with Crippen molar-refractivity contribution in [2.24, 2.45) is 40.4 Å². The Morgan fingerprint density at radius 3 is 2.43 bits per heavy atom. The average molecular weight is 316 g/mol. The van der Waals surface area contributed by atoms with Crippen LogP contribution in [0, 0.1) is 40.4 Å². The van der Waals surface area contributed by atoms with Crippen molar-refractivity contribution in [2.45, 2.75) is 78.6 Å². The number of ketones is 2. The van der Waals surface area contributed by atoms with Gasteiger partial charge in [-0.15, -0.1) is 0 Å². The minimum atomic E-state index is 0.265. The Kier molecular flexibility index (Phi) is 3.56. The van der Waals surface area contributed by atoms with E-state index in [9.17, 15) is 9.59 Å². The van der Waals surface area contributed by atoms with Crippen LogP contribution in [-0.4, -0.2) is 11.6 Å². The summed E-state index contributed by atoms with van der Waals surface area (Å²) in [7, 11) is 0. The van der Waals surface area contributed by atoms with E-state index in [1.807, 2.05) is 6.92 Å². The molecule has 2 heteroatoms. The van der Waals surface area contributed by atoms with Gasteiger partial charge in [-0.25, -0.2) is 0 Å². The quantitative estimate of drug-likeness (QED) is 0.696. The second-order valence-corrected chi connectivity index (χ2v) is 9.68. The van der Waals surface area contributed by atoms with Crippen LogP contribution in [0.2, 0.25) is 0 Å². The largest absolute Gasteiger partial charge is 0.300 e. The molecule has 0 unspecified atom stereocenters. The maximum Gasteiger partial charge on any atom is 0.133 e. The van der Waals surface area contributed by atoms with E-state index in [1.54, 1.807) is 0 Å². The molecule has 0 spiro atoms. The smallest absolute Gasteiger partial charge is 0.133 e. The van der Waals surface area contributed by atoms with E-state index < -0.39 is 0 Å². The summed E-state index contributed by atoms with van der Waals surface area (Å²) in [6.45, 7) is 6.74. The van der Waals surface area contributed by atoms with Gasteiger partial charge in [-0.3, -0.25) is 9.59 Å². The third-order valence-electron chi connectivity index (χ3n) is 8.97. The lowest BCUT2D eigenvalue weighted by molar-refractivity contribution is -0.143. The maximum absolute atomic E-state index is 12.2. The van der Waals surface area contributed by atoms with Crippen molar-refractivity contribution in [3.05, 3.63) is 0 Å². The fourth-order valence-corrected chi connectivity index (χ4v) is 7.71. The zero-order valence-electron chi connectivity index (χ0n) is 15.1. The standard InChI is InChI=1S/C21H32O2/c1-13(22)17-6-7-18-16-5-4-14-12-15(23)8-10-20(14,2)19(16)9-11-21(17,18)3/h14,16-19H,4-12H2,1-3H3/t14-,16+,17-,18+,19+,20-,21-/m0/s1. The normalized spacial score (nSPS) is 52.5. The van der Waals surface area contributed by atoms with Gasteiger partial charge in [-0.2, -0.15) is 0 Å². The van der Waals surface area contributed by atoms with Crippen LogP contribution in [0.4, 0.5) is 0 Å². The molecule has 7 atom stereocenters. The van der Waals surface area contributed by atoms with Crippen molar-refractivity contribution in [1.82, 2.24) is 0 Å². The molecule has 0 radical (unpaired) electrons. The Bertz CT molecular complexity index is 538. The summed E-state index contributed by atoms with van der Waals surface area (Å²) in [5.74, 6) is 4.25. The molecular formula is C21H32O2. The molecule has 23 heavy (non-hydrogen) atoms. The van der Waals surface area contributed by atoms with E-state index >= 15 is 0 Å². The molecule has 4 aliphatic rings. The van der Waals surface area contributed by atoms with Crippen molar-refractivity contribution in [3.8, 4) is 0 Å². The van der Waals surface area contributed by atoms with Gasteiger partial charge in [-0.1, -0.05) is 13.8 Å². The van der Waals surface area contributed by atoms with Gasteiger partial charge < -0.3 is 0 Å². The lowest BCUT2D eigenvalue weighted by Gasteiger charge is -2.60. The fraction of sp³-hybridized carbons (Fsp3) is 0.905. The Morgan fingerprint density at radius 1 is 0.957 bits per heavy atom. The van der Waals surface area contributed by atoms with Gasteiger partial charge in [-0.05, 0) is 86.4 Å². The molecule has 128 valence electrons. The van der Waals surface area contributed by atoms with Crippen molar-refractivity contribution in [3.63, 3.8) is 0 Å². The van der Waals surface area contributed by atoms with Crippen molar-refractivity contribution in [1.29, 1.82) is 0 Å². The minimum absolute atomic E-state index is 0.265. The van der Waals surface area contributed by atoms with E-state index in [-0.39, 0.29) is 5.41 Å². The van der Waals surface area contributed by atoms with Crippen LogP contribution in [0.5, 0.6) is 0 Å². The first kappa shape index (κ1) is 15.8. The zero-order chi connectivity index (χ0) is 16.4. The molecule has 0 aromatic heterocycles. The highest BCUT2D eigenvalue weighted by molar-refractivity contribution is 5.80. The molecule has 0 bridgehead atoms. The number of rotatable bonds is 1. The van der Waals surface area contributed by atoms with Crippen LogP contribution >= 0.6 is 0 Å². The predicted molar refractivity (Wildman–Crippen MR) is 90.9 cm³/mol. The second kappa shape index (κ2) is 5.17. The molecule has 0 saturated heterocycles. The van der Waals surface area contributed by atoms with Crippen LogP contribution in [-0.2, 0) is 9.59 Å². The summed E-state index contributed by atoms with van der Waals surface area (Å²) >= 11 is 0. The Morgan fingerprint density at radius 2 is 1.70 bits per heavy atom. The number of hydrogen-bond donors (Lipinski definition) is 0. The molecule has 0 aromatic rings. The third kappa shape index (κ3) is 2.12. The van der Waals surface area contributed by atoms with Crippen LogP contribution < -0.4 is 0 Å². The summed E-state index contributed by atoms with van der Waals surface area (Å²) in [5, 5.41) is 0. The second-order valence-electron chi connectivity index (χ2n) is 9.68. The lowest BCUT2D eigenvalue weighted by atomic mass is 9.44. The first-order valence-corrected chi connectivity index (χ1v) is 9.88. The first-order valence-electron chi connectivity index (χ1n) is 9.88. The molecule has 4 saturated carbocycles. The van der Waals surface area contributed by atoms with Gasteiger partial charge >= 0.3 is 0 Å². The summed E-state index contributed by atoms with van der Waals surface area (Å²) < 4.78 is 0. The highest BCUT2D eigenvalue weighted by Gasteiger charge is 2.60. The summed E-state index contributed by atoms with van der Waals surface area (Å²) in [6, 6.07) is 0. The third-order valence-corrected chi connectivity index (χ3v) is 8.97. The van der Waals surface area contributed by atoms with Crippen LogP contribution in [0.25, 0.3) is 0 Å². The zero-order valence-corrected chi connectivity index (χ0v) is 15.1. The Labute approximate surface area is 140 Å². The van der Waals surface area contributed by atoms with Gasteiger partial charge in [0.15, 0.2) is 0 Å². The molecule has 0 N–H and O–H groups in total. The van der Waals surface area contributed by atoms with Crippen LogP contribution in [0.3, 0.4) is 0 Å². The van der Waals surface area contributed by atoms with Crippen LogP contribution in [0.1, 0.15) is 78.6 Å². The van der Waals surface area contributed by atoms with Crippen LogP contribution in [0.15, 0.2) is 0 Å². The van der Waals surface area contributed by atoms with Crippen molar-refractivity contribution < 1.29 is 9.59 Å². The summed E-state index contributed by atoms with van der Waals surface area (Å²) in [4.78, 5) is 24.1. The summed E-state index contributed by atoms with van der Waals surface area (Å²) in [6.07, 6.45) is 10.3. The molecule has 0 aliphatic heterocycles. The molecule has 0 heterocycles. The van der Waals surface area contributed by atoms with Crippen molar-refractivity contribution >= 4 is 11.6 Å². The highest BCUT2D eigenvalue weighted by Crippen LogP contribution is 2.67. The molecule has 4 rings (SSSR count). The van der Waals surface area contributed by atoms with E-state index in [0.29, 0.717) is 28.8 Å². The highest BCUT2D eigenvalue weighted by atomic mass is 16.1. The number of Topliss-reactive ketones (excluding diaryl/α,β-unsaturated/α-hetero) is 2. The monoisotopic (exact) mass is 316 g/mol. The Hall–Kier alpha value is -0.660. The van der Waals surface area contributed by atoms with Gasteiger partial charge in [0.2, 0.25) is 0 Å². The first-order chi connectivity index (χ1) is 10.9. The van der Waals surface area contributed by atoms with Gasteiger partial charge in [0.25, 0.3) is 0 Å². The van der Waals surface area contributed by atoms with Gasteiger partial charge in [0.05, 0.1) is 0 Å². The molecule has 4 aliphatic carbocycles. The number of fused-ring (bicyclic) bond motifs is 5. The lowest BCUT2D eigenvalue weighted by Crippen LogP contribution is -2.53. The van der Waals surface area contributed by atoms with Gasteiger partial charge in [0, 0.05) is 18.8 Å². The van der Waals surface area contributed by atoms with Gasteiger partial charge in [0.1, 0.15) is 11.6 Å². The predicted octanol–water partition coefficient (Wildman–Crippen LogP) is 4.80. The summed E-state index contributed by atoms with van der Waals surface area (Å²) in [5.41, 5.74) is 0.660. The SMILES string of the molecule is CC(=O)[C@@H]1CC[C@@H]2[C@H]3CC[C@H]4CC(=O)CC[C@]4(C)[C@@H]3CC[C@]21C. The average Bonchev–Trinajstić information content (AvgIpc) is 2.85. The topological polar surface area (TPSA) is 34.1 Å². The van der Waals surface area contributed by atoms with E-state index in [0.717, 1.165) is 43.4 Å². The minimum Gasteiger partial charge on any atom is -0.300 e. The van der Waals surface area contributed by atoms with E-state index in [2.05, 4.69) is 13.8 Å². The van der Waals surface area contributed by atoms with E-state index in [1.165, 1.54) is 32.1 Å². The molecule has 0 aromatic carbocycles. The molecule has 0 amide bonds. The number of hydrogen-bond acceptors (Lipinski definition) is 2. The number of carbonyl (C=O) groups is 2. The molecule has 2 nitrogen and oxygen atoms in total.